The standard InChI is InChI=1S/C8H10N4OS.2ClH/c9-1-2-11-8(13)6-4-14-7-3-10-5-12(6)7;;/h3-5H,1-2,9H2,(H,11,13);2*1H. The van der Waals surface area contributed by atoms with Gasteiger partial charge in [-0.05, 0) is 0 Å². The smallest absolute Gasteiger partial charge is 0.269 e. The first-order chi connectivity index (χ1) is 6.83. The summed E-state index contributed by atoms with van der Waals surface area (Å²) < 4.78 is 1.76. The molecule has 2 aromatic heterocycles. The van der Waals surface area contributed by atoms with Crippen molar-refractivity contribution in [3.63, 3.8) is 0 Å². The molecule has 0 bridgehead atoms. The number of aromatic nitrogens is 2. The molecule has 2 aromatic rings. The van der Waals surface area contributed by atoms with Gasteiger partial charge in [0, 0.05) is 18.5 Å². The summed E-state index contributed by atoms with van der Waals surface area (Å²) in [7, 11) is 0. The van der Waals surface area contributed by atoms with Gasteiger partial charge in [-0.25, -0.2) is 4.98 Å². The number of thiazole rings is 1. The molecule has 0 atom stereocenters. The number of rotatable bonds is 3. The molecule has 0 aliphatic heterocycles. The Hall–Kier alpha value is -0.820. The minimum Gasteiger partial charge on any atom is -0.349 e. The van der Waals surface area contributed by atoms with Crippen LogP contribution in [0.1, 0.15) is 10.5 Å². The molecule has 0 fully saturated rings. The normalized spacial score (nSPS) is 9.31. The Kier molecular flexibility index (Phi) is 6.35. The second kappa shape index (κ2) is 6.70. The molecule has 5 nitrogen and oxygen atoms in total. The van der Waals surface area contributed by atoms with Crippen LogP contribution in [0.15, 0.2) is 17.9 Å². The number of fused-ring (bicyclic) bond motifs is 1. The Morgan fingerprint density at radius 1 is 1.56 bits per heavy atom. The average molecular weight is 283 g/mol. The summed E-state index contributed by atoms with van der Waals surface area (Å²) in [5.41, 5.74) is 5.90. The molecular formula is C8H12Cl2N4OS. The first kappa shape index (κ1) is 15.2. The first-order valence-electron chi connectivity index (χ1n) is 4.20. The van der Waals surface area contributed by atoms with Crippen LogP contribution in [0.3, 0.4) is 0 Å². The van der Waals surface area contributed by atoms with Crippen LogP contribution in [0.4, 0.5) is 0 Å². The molecule has 1 amide bonds. The number of nitrogens with zero attached hydrogens (tertiary/aromatic N) is 2. The minimum atomic E-state index is -0.111. The molecule has 16 heavy (non-hydrogen) atoms. The van der Waals surface area contributed by atoms with Gasteiger partial charge >= 0.3 is 0 Å². The van der Waals surface area contributed by atoms with Crippen LogP contribution in [0.2, 0.25) is 0 Å². The van der Waals surface area contributed by atoms with Crippen LogP contribution in [0.5, 0.6) is 0 Å². The summed E-state index contributed by atoms with van der Waals surface area (Å²) in [6.07, 6.45) is 3.35. The van der Waals surface area contributed by atoms with Crippen molar-refractivity contribution in [3.05, 3.63) is 23.6 Å². The van der Waals surface area contributed by atoms with Crippen molar-refractivity contribution < 1.29 is 4.79 Å². The Balaban J connectivity index is 0.00000112. The van der Waals surface area contributed by atoms with Gasteiger partial charge < -0.3 is 11.1 Å². The molecule has 0 saturated heterocycles. The van der Waals surface area contributed by atoms with E-state index in [-0.39, 0.29) is 30.7 Å². The molecule has 2 heterocycles. The van der Waals surface area contributed by atoms with Crippen molar-refractivity contribution in [2.24, 2.45) is 5.73 Å². The lowest BCUT2D eigenvalue weighted by atomic mass is 10.4. The summed E-state index contributed by atoms with van der Waals surface area (Å²) >= 11 is 1.49. The van der Waals surface area contributed by atoms with Crippen molar-refractivity contribution in [3.8, 4) is 0 Å². The molecule has 0 aliphatic carbocycles. The van der Waals surface area contributed by atoms with Crippen LogP contribution >= 0.6 is 36.2 Å². The number of nitrogens with two attached hydrogens (primary N) is 1. The number of carbonyl (C=O) groups is 1. The van der Waals surface area contributed by atoms with E-state index in [1.165, 1.54) is 11.3 Å². The van der Waals surface area contributed by atoms with Gasteiger partial charge in [0.1, 0.15) is 16.9 Å². The maximum absolute atomic E-state index is 11.6. The summed E-state index contributed by atoms with van der Waals surface area (Å²) in [6.45, 7) is 0.938. The Bertz CT molecular complexity index is 456. The van der Waals surface area contributed by atoms with Crippen LogP contribution < -0.4 is 11.1 Å². The third kappa shape index (κ3) is 2.85. The van der Waals surface area contributed by atoms with Crippen molar-refractivity contribution in [2.45, 2.75) is 0 Å². The van der Waals surface area contributed by atoms with Crippen LogP contribution in [-0.2, 0) is 0 Å². The maximum Gasteiger partial charge on any atom is 0.269 e. The van der Waals surface area contributed by atoms with Gasteiger partial charge in [0.15, 0.2) is 0 Å². The minimum absolute atomic E-state index is 0. The highest BCUT2D eigenvalue weighted by Gasteiger charge is 2.10. The second-order valence-electron chi connectivity index (χ2n) is 2.77. The topological polar surface area (TPSA) is 72.4 Å². The molecule has 0 aliphatic rings. The second-order valence-corrected chi connectivity index (χ2v) is 3.66. The van der Waals surface area contributed by atoms with Crippen LogP contribution in [0.25, 0.3) is 4.83 Å². The van der Waals surface area contributed by atoms with Gasteiger partial charge in [-0.1, -0.05) is 0 Å². The fourth-order valence-electron chi connectivity index (χ4n) is 1.16. The van der Waals surface area contributed by atoms with Gasteiger partial charge in [-0.2, -0.15) is 0 Å². The van der Waals surface area contributed by atoms with Crippen LogP contribution in [-0.4, -0.2) is 28.4 Å². The van der Waals surface area contributed by atoms with E-state index in [9.17, 15) is 4.79 Å². The lowest BCUT2D eigenvalue weighted by Crippen LogP contribution is -2.29. The largest absolute Gasteiger partial charge is 0.349 e. The van der Waals surface area contributed by atoms with Crippen LogP contribution in [0, 0.1) is 0 Å². The fourth-order valence-corrected chi connectivity index (χ4v) is 2.00. The summed E-state index contributed by atoms with van der Waals surface area (Å²) in [5, 5.41) is 4.52. The van der Waals surface area contributed by atoms with E-state index in [0.29, 0.717) is 18.8 Å². The van der Waals surface area contributed by atoms with Gasteiger partial charge in [-0.15, -0.1) is 36.2 Å². The van der Waals surface area contributed by atoms with Gasteiger partial charge in [-0.3, -0.25) is 9.20 Å². The SMILES string of the molecule is Cl.Cl.NCCNC(=O)c1csc2cncn12. The Labute approximate surface area is 109 Å². The number of hydrogen-bond donors (Lipinski definition) is 2. The monoisotopic (exact) mass is 282 g/mol. The highest BCUT2D eigenvalue weighted by molar-refractivity contribution is 7.15. The van der Waals surface area contributed by atoms with E-state index < -0.39 is 0 Å². The Morgan fingerprint density at radius 2 is 2.31 bits per heavy atom. The first-order valence-corrected chi connectivity index (χ1v) is 5.08. The van der Waals surface area contributed by atoms with Gasteiger partial charge in [0.25, 0.3) is 5.91 Å². The van der Waals surface area contributed by atoms with E-state index in [2.05, 4.69) is 10.3 Å². The van der Waals surface area contributed by atoms with E-state index in [1.54, 1.807) is 16.9 Å². The lowest BCUT2D eigenvalue weighted by Gasteiger charge is -2.00. The molecule has 0 aromatic carbocycles. The Morgan fingerprint density at radius 3 is 3.00 bits per heavy atom. The number of imidazole rings is 1. The zero-order valence-electron chi connectivity index (χ0n) is 8.25. The molecule has 3 N–H and O–H groups in total. The molecule has 0 saturated carbocycles. The van der Waals surface area contributed by atoms with Gasteiger partial charge in [0.05, 0.1) is 6.20 Å². The lowest BCUT2D eigenvalue weighted by molar-refractivity contribution is 0.0949. The van der Waals surface area contributed by atoms with Crippen molar-refractivity contribution >= 4 is 46.9 Å². The maximum atomic E-state index is 11.6. The molecule has 2 rings (SSSR count). The fraction of sp³-hybridized carbons (Fsp3) is 0.250. The highest BCUT2D eigenvalue weighted by Crippen LogP contribution is 2.15. The number of nitrogens with one attached hydrogen (secondary N) is 1. The van der Waals surface area contributed by atoms with Gasteiger partial charge in [0.2, 0.25) is 0 Å². The molecule has 0 spiro atoms. The highest BCUT2D eigenvalue weighted by atomic mass is 35.5. The van der Waals surface area contributed by atoms with Crippen molar-refractivity contribution in [1.29, 1.82) is 0 Å². The van der Waals surface area contributed by atoms with Crippen molar-refractivity contribution in [2.75, 3.05) is 13.1 Å². The predicted molar refractivity (Wildman–Crippen MR) is 69.0 cm³/mol. The third-order valence-electron chi connectivity index (χ3n) is 1.82. The predicted octanol–water partition coefficient (Wildman–Crippen LogP) is 0.928. The number of halogens is 2. The quantitative estimate of drug-likeness (QED) is 0.880. The number of amides is 1. The molecule has 0 radical (unpaired) electrons. The molecular weight excluding hydrogens is 271 g/mol. The zero-order valence-corrected chi connectivity index (χ0v) is 10.7. The zero-order chi connectivity index (χ0) is 9.97. The van der Waals surface area contributed by atoms with E-state index in [4.69, 9.17) is 5.73 Å². The summed E-state index contributed by atoms with van der Waals surface area (Å²) in [6, 6.07) is 0. The van der Waals surface area contributed by atoms with E-state index in [1.807, 2.05) is 5.38 Å². The van der Waals surface area contributed by atoms with E-state index in [0.717, 1.165) is 4.83 Å². The van der Waals surface area contributed by atoms with E-state index >= 15 is 0 Å². The molecule has 90 valence electrons. The third-order valence-corrected chi connectivity index (χ3v) is 2.70. The average Bonchev–Trinajstić information content (AvgIpc) is 2.74. The number of carbonyl (C=O) groups excluding carboxylic acids is 1. The summed E-state index contributed by atoms with van der Waals surface area (Å²) in [4.78, 5) is 16.5. The number of hydrogen-bond acceptors (Lipinski definition) is 4. The molecule has 0 unspecified atom stereocenters. The summed E-state index contributed by atoms with van der Waals surface area (Å²) in [5.74, 6) is -0.111. The molecule has 8 heteroatoms. The van der Waals surface area contributed by atoms with Crippen molar-refractivity contribution in [1.82, 2.24) is 14.7 Å².